The van der Waals surface area contributed by atoms with E-state index in [1.54, 1.807) is 13.3 Å². The minimum absolute atomic E-state index is 0.0119. The number of rotatable bonds is 8. The summed E-state index contributed by atoms with van der Waals surface area (Å²) >= 11 is 0. The van der Waals surface area contributed by atoms with Crippen LogP contribution in [0.3, 0.4) is 0 Å². The molecule has 1 aliphatic rings. The van der Waals surface area contributed by atoms with Crippen LogP contribution in [0.1, 0.15) is 66.9 Å². The van der Waals surface area contributed by atoms with Crippen LogP contribution in [0.15, 0.2) is 36.7 Å². The summed E-state index contributed by atoms with van der Waals surface area (Å²) in [6, 6.07) is 7.87. The third kappa shape index (κ3) is 8.14. The van der Waals surface area contributed by atoms with Gasteiger partial charge in [-0.25, -0.2) is 10.0 Å². The average molecular weight is 548 g/mol. The lowest BCUT2D eigenvalue weighted by Crippen LogP contribution is -2.41. The molecule has 214 valence electrons. The zero-order valence-electron chi connectivity index (χ0n) is 25.7. The number of hydrogen-bond donors (Lipinski definition) is 1. The van der Waals surface area contributed by atoms with E-state index in [1.807, 2.05) is 59.0 Å². The van der Waals surface area contributed by atoms with Crippen LogP contribution >= 0.6 is 10.0 Å². The van der Waals surface area contributed by atoms with E-state index < -0.39 is 11.2 Å². The number of aromatic nitrogens is 1. The maximum atomic E-state index is 10.1. The lowest BCUT2D eigenvalue weighted by Gasteiger charge is -2.40. The molecular weight excluding hydrogens is 497 g/mol. The SMILES string of the molecule is CC(C)(C)S(C)(C)C.CCOc1cc(-c2cncc(C(CO)CB3OC(C)(C)C(C)(C)O3)c2)ccc1OC. The van der Waals surface area contributed by atoms with E-state index in [0.29, 0.717) is 29.2 Å². The summed E-state index contributed by atoms with van der Waals surface area (Å²) in [5.74, 6) is 1.24. The Kier molecular flexibility index (Phi) is 10.8. The third-order valence-electron chi connectivity index (χ3n) is 7.86. The molecule has 1 fully saturated rings. The van der Waals surface area contributed by atoms with E-state index in [9.17, 15) is 5.11 Å². The Hall–Kier alpha value is -1.74. The predicted molar refractivity (Wildman–Crippen MR) is 163 cm³/mol. The first-order chi connectivity index (χ1) is 17.5. The topological polar surface area (TPSA) is 70.0 Å². The molecule has 1 saturated heterocycles. The number of aliphatic hydroxyl groups is 1. The van der Waals surface area contributed by atoms with Gasteiger partial charge < -0.3 is 23.9 Å². The quantitative estimate of drug-likeness (QED) is 0.367. The Bertz CT molecular complexity index is 1020. The van der Waals surface area contributed by atoms with E-state index >= 15 is 0 Å². The second-order valence-electron chi connectivity index (χ2n) is 12.6. The van der Waals surface area contributed by atoms with Crippen molar-refractivity contribution in [3.05, 3.63) is 42.2 Å². The lowest BCUT2D eigenvalue weighted by molar-refractivity contribution is 0.00578. The highest BCUT2D eigenvalue weighted by atomic mass is 32.3. The summed E-state index contributed by atoms with van der Waals surface area (Å²) in [5, 5.41) is 10.1. The van der Waals surface area contributed by atoms with Gasteiger partial charge in [0.15, 0.2) is 11.5 Å². The number of methoxy groups -OCH3 is 1. The normalized spacial score (nSPS) is 17.9. The van der Waals surface area contributed by atoms with Crippen LogP contribution < -0.4 is 9.47 Å². The van der Waals surface area contributed by atoms with Gasteiger partial charge in [-0.05, 0) is 93.8 Å². The number of nitrogens with zero attached hydrogens (tertiary/aromatic N) is 1. The molecule has 6 nitrogen and oxygen atoms in total. The first-order valence-electron chi connectivity index (χ1n) is 13.4. The third-order valence-corrected chi connectivity index (χ3v) is 11.5. The highest BCUT2D eigenvalue weighted by molar-refractivity contribution is 8.33. The van der Waals surface area contributed by atoms with Crippen LogP contribution in [0, 0.1) is 0 Å². The monoisotopic (exact) mass is 547 g/mol. The molecule has 1 aromatic heterocycles. The van der Waals surface area contributed by atoms with Gasteiger partial charge >= 0.3 is 7.12 Å². The molecule has 38 heavy (non-hydrogen) atoms. The standard InChI is InChI=1S/C23H32BNO5.C7H18S/c1-7-28-21-11-16(8-9-20(21)27-6)17-10-18(14-25-13-17)19(15-26)12-24-29-22(2,3)23(4,5)30-24;1-7(2,3)8(4,5)6/h8-11,13-14,19,26H,7,12,15H2,1-6H3;1-6H3. The molecule has 3 rings (SSSR count). The Morgan fingerprint density at radius 2 is 1.55 bits per heavy atom. The van der Waals surface area contributed by atoms with Crippen molar-refractivity contribution >= 4 is 17.1 Å². The molecule has 8 heteroatoms. The van der Waals surface area contributed by atoms with E-state index in [2.05, 4.69) is 50.6 Å². The van der Waals surface area contributed by atoms with Gasteiger partial charge in [0.2, 0.25) is 0 Å². The Labute approximate surface area is 233 Å². The van der Waals surface area contributed by atoms with Crippen molar-refractivity contribution in [1.82, 2.24) is 4.98 Å². The summed E-state index contributed by atoms with van der Waals surface area (Å²) in [7, 11) is 0.912. The van der Waals surface area contributed by atoms with Gasteiger partial charge in [0.1, 0.15) is 0 Å². The van der Waals surface area contributed by atoms with E-state index in [0.717, 1.165) is 16.7 Å². The molecule has 0 amide bonds. The molecule has 2 heterocycles. The summed E-state index contributed by atoms with van der Waals surface area (Å²) in [6.07, 6.45) is 11.2. The van der Waals surface area contributed by atoms with Crippen molar-refractivity contribution in [2.75, 3.05) is 39.1 Å². The van der Waals surface area contributed by atoms with Crippen molar-refractivity contribution < 1.29 is 23.9 Å². The second kappa shape index (κ2) is 12.6. The molecule has 1 N–H and O–H groups in total. The molecule has 0 spiro atoms. The zero-order chi connectivity index (χ0) is 28.9. The Morgan fingerprint density at radius 1 is 0.974 bits per heavy atom. The van der Waals surface area contributed by atoms with Gasteiger partial charge in [-0.2, -0.15) is 0 Å². The number of pyridine rings is 1. The minimum atomic E-state index is -0.392. The minimum Gasteiger partial charge on any atom is -0.493 e. The molecule has 0 saturated carbocycles. The van der Waals surface area contributed by atoms with Crippen molar-refractivity contribution in [3.8, 4) is 22.6 Å². The molecule has 1 aliphatic heterocycles. The molecular formula is C30H50BNO5S. The summed E-state index contributed by atoms with van der Waals surface area (Å²) in [5.41, 5.74) is 2.08. The number of benzene rings is 1. The van der Waals surface area contributed by atoms with Crippen molar-refractivity contribution in [1.29, 1.82) is 0 Å². The van der Waals surface area contributed by atoms with Crippen molar-refractivity contribution in [3.63, 3.8) is 0 Å². The lowest BCUT2D eigenvalue weighted by atomic mass is 9.75. The van der Waals surface area contributed by atoms with Crippen LogP contribution in [0.4, 0.5) is 0 Å². The smallest absolute Gasteiger partial charge is 0.458 e. The van der Waals surface area contributed by atoms with Crippen molar-refractivity contribution in [2.45, 2.75) is 83.6 Å². The van der Waals surface area contributed by atoms with Crippen LogP contribution in [-0.4, -0.2) is 72.2 Å². The van der Waals surface area contributed by atoms with Crippen LogP contribution in [0.25, 0.3) is 11.1 Å². The fraction of sp³-hybridized carbons (Fsp3) is 0.633. The van der Waals surface area contributed by atoms with E-state index in [1.165, 1.54) is 0 Å². The summed E-state index contributed by atoms with van der Waals surface area (Å²) in [6.45, 7) is 17.5. The summed E-state index contributed by atoms with van der Waals surface area (Å²) in [4.78, 5) is 4.42. The Morgan fingerprint density at radius 3 is 2.03 bits per heavy atom. The number of ether oxygens (including phenoxy) is 2. The molecule has 2 aromatic rings. The molecule has 0 radical (unpaired) electrons. The molecule has 0 bridgehead atoms. The molecule has 1 unspecified atom stereocenters. The van der Waals surface area contributed by atoms with Crippen LogP contribution in [-0.2, 0) is 9.31 Å². The molecule has 1 atom stereocenters. The van der Waals surface area contributed by atoms with Gasteiger partial charge in [0.25, 0.3) is 0 Å². The predicted octanol–water partition coefficient (Wildman–Crippen LogP) is 6.80. The first-order valence-corrected chi connectivity index (χ1v) is 16.2. The van der Waals surface area contributed by atoms with E-state index in [-0.39, 0.29) is 29.7 Å². The van der Waals surface area contributed by atoms with Crippen molar-refractivity contribution in [2.24, 2.45) is 0 Å². The Balaban J connectivity index is 0.000000550. The highest BCUT2D eigenvalue weighted by Crippen LogP contribution is 2.48. The number of aliphatic hydroxyl groups excluding tert-OH is 1. The summed E-state index contributed by atoms with van der Waals surface area (Å²) < 4.78 is 23.8. The largest absolute Gasteiger partial charge is 0.493 e. The molecule has 0 aliphatic carbocycles. The van der Waals surface area contributed by atoms with Crippen LogP contribution in [0.5, 0.6) is 11.5 Å². The highest BCUT2D eigenvalue weighted by Gasteiger charge is 2.51. The van der Waals surface area contributed by atoms with E-state index in [4.69, 9.17) is 18.8 Å². The van der Waals surface area contributed by atoms with Gasteiger partial charge in [-0.15, -0.1) is 0 Å². The first kappa shape index (κ1) is 32.5. The fourth-order valence-electron chi connectivity index (χ4n) is 3.57. The van der Waals surface area contributed by atoms with Crippen LogP contribution in [0.2, 0.25) is 6.32 Å². The fourth-order valence-corrected chi connectivity index (χ4v) is 3.57. The molecule has 1 aromatic carbocycles. The maximum Gasteiger partial charge on any atom is 0.458 e. The maximum absolute atomic E-state index is 10.1. The van der Waals surface area contributed by atoms with Gasteiger partial charge in [0.05, 0.1) is 24.9 Å². The number of hydrogen-bond acceptors (Lipinski definition) is 6. The van der Waals surface area contributed by atoms with Gasteiger partial charge in [-0.1, -0.05) is 26.8 Å². The van der Waals surface area contributed by atoms with Gasteiger partial charge in [0, 0.05) is 30.5 Å². The average Bonchev–Trinajstić information content (AvgIpc) is 3.02. The second-order valence-corrected chi connectivity index (χ2v) is 17.5. The van der Waals surface area contributed by atoms with Gasteiger partial charge in [-0.3, -0.25) is 4.98 Å². The zero-order valence-corrected chi connectivity index (χ0v) is 26.5.